The van der Waals surface area contributed by atoms with Gasteiger partial charge in [0.05, 0.1) is 12.0 Å². The first-order chi connectivity index (χ1) is 10.9. The smallest absolute Gasteiger partial charge is 0.311 e. The number of carbonyl (C=O) groups excluding carboxylic acids is 1. The maximum atomic E-state index is 13.1. The number of aliphatic carboxylic acids is 1. The van der Waals surface area contributed by atoms with Gasteiger partial charge in [0.15, 0.2) is 11.6 Å². The lowest BCUT2D eigenvalue weighted by Gasteiger charge is -2.23. The second kappa shape index (κ2) is 7.03. The van der Waals surface area contributed by atoms with Crippen LogP contribution in [0.25, 0.3) is 0 Å². The van der Waals surface area contributed by atoms with Crippen LogP contribution < -0.4 is 5.32 Å². The predicted molar refractivity (Wildman–Crippen MR) is 86.1 cm³/mol. The van der Waals surface area contributed by atoms with Gasteiger partial charge in [-0.25, -0.2) is 8.78 Å². The van der Waals surface area contributed by atoms with Crippen molar-refractivity contribution >= 4 is 30.0 Å². The van der Waals surface area contributed by atoms with Crippen molar-refractivity contribution in [1.82, 2.24) is 4.90 Å². The Morgan fingerprint density at radius 2 is 2.08 bits per heavy atom. The molecule has 2 atom stereocenters. The monoisotopic (exact) mass is 360 g/mol. The summed E-state index contributed by atoms with van der Waals surface area (Å²) in [6.45, 7) is 0.986. The van der Waals surface area contributed by atoms with Crippen LogP contribution in [0.1, 0.15) is 19.3 Å². The maximum absolute atomic E-state index is 13.1. The fourth-order valence-electron chi connectivity index (χ4n) is 3.84. The molecule has 1 aliphatic heterocycles. The molecule has 0 radical (unpaired) electrons. The third-order valence-corrected chi connectivity index (χ3v) is 4.94. The molecular weight excluding hydrogens is 342 g/mol. The second-order valence-electron chi connectivity index (χ2n) is 6.40. The predicted octanol–water partition coefficient (Wildman–Crippen LogP) is 2.51. The summed E-state index contributed by atoms with van der Waals surface area (Å²) in [6.07, 6.45) is 2.42. The summed E-state index contributed by atoms with van der Waals surface area (Å²) >= 11 is 0. The fraction of sp³-hybridized carbons (Fsp3) is 0.500. The molecule has 0 bridgehead atoms. The zero-order chi connectivity index (χ0) is 16.6. The molecule has 24 heavy (non-hydrogen) atoms. The number of benzene rings is 1. The molecule has 0 unspecified atom stereocenters. The molecule has 1 aromatic rings. The van der Waals surface area contributed by atoms with E-state index in [4.69, 9.17) is 0 Å². The third-order valence-electron chi connectivity index (χ3n) is 4.94. The minimum absolute atomic E-state index is 0. The number of likely N-dealkylation sites (tertiary alicyclic amines) is 1. The van der Waals surface area contributed by atoms with Crippen molar-refractivity contribution in [3.63, 3.8) is 0 Å². The Morgan fingerprint density at radius 3 is 2.71 bits per heavy atom. The normalized spacial score (nSPS) is 25.8. The number of carbonyl (C=O) groups is 2. The number of halogens is 3. The van der Waals surface area contributed by atoms with E-state index in [9.17, 15) is 23.5 Å². The number of carboxylic acids is 1. The number of carboxylic acid groups (broad SMARTS) is 1. The highest BCUT2D eigenvalue weighted by Crippen LogP contribution is 2.48. The van der Waals surface area contributed by atoms with Crippen LogP contribution in [0.5, 0.6) is 0 Å². The number of anilines is 1. The van der Waals surface area contributed by atoms with Gasteiger partial charge in [0.1, 0.15) is 0 Å². The Balaban J connectivity index is 0.00000208. The van der Waals surface area contributed by atoms with Crippen LogP contribution >= 0.6 is 12.4 Å². The molecule has 0 spiro atoms. The molecule has 1 amide bonds. The molecule has 1 saturated carbocycles. The molecule has 0 aromatic heterocycles. The lowest BCUT2D eigenvalue weighted by molar-refractivity contribution is -0.149. The minimum Gasteiger partial charge on any atom is -0.481 e. The summed E-state index contributed by atoms with van der Waals surface area (Å²) in [5.41, 5.74) is -0.552. The van der Waals surface area contributed by atoms with E-state index in [1.165, 1.54) is 6.07 Å². The minimum atomic E-state index is -1.02. The van der Waals surface area contributed by atoms with E-state index in [1.807, 2.05) is 4.90 Å². The zero-order valence-corrected chi connectivity index (χ0v) is 13.7. The van der Waals surface area contributed by atoms with E-state index in [1.54, 1.807) is 0 Å². The second-order valence-corrected chi connectivity index (χ2v) is 6.40. The van der Waals surface area contributed by atoms with Crippen molar-refractivity contribution < 1.29 is 23.5 Å². The average Bonchev–Trinajstić information content (AvgIpc) is 3.00. The lowest BCUT2D eigenvalue weighted by Crippen LogP contribution is -2.37. The molecule has 1 saturated heterocycles. The Hall–Kier alpha value is -1.73. The molecule has 5 nitrogen and oxygen atoms in total. The van der Waals surface area contributed by atoms with Crippen molar-refractivity contribution in [3.05, 3.63) is 29.8 Å². The summed E-state index contributed by atoms with van der Waals surface area (Å²) in [5.74, 6) is -3.07. The molecule has 2 fully saturated rings. The Kier molecular flexibility index (Phi) is 5.45. The van der Waals surface area contributed by atoms with Crippen LogP contribution in [-0.4, -0.2) is 41.5 Å². The topological polar surface area (TPSA) is 69.6 Å². The van der Waals surface area contributed by atoms with Crippen molar-refractivity contribution in [2.75, 3.05) is 25.0 Å². The van der Waals surface area contributed by atoms with Crippen LogP contribution in [0, 0.1) is 23.0 Å². The van der Waals surface area contributed by atoms with E-state index in [2.05, 4.69) is 5.32 Å². The van der Waals surface area contributed by atoms with E-state index in [0.29, 0.717) is 19.5 Å². The van der Waals surface area contributed by atoms with Crippen molar-refractivity contribution in [3.8, 4) is 0 Å². The maximum Gasteiger partial charge on any atom is 0.311 e. The van der Waals surface area contributed by atoms with E-state index in [0.717, 1.165) is 25.0 Å². The molecule has 1 heterocycles. The molecule has 3 rings (SSSR count). The summed E-state index contributed by atoms with van der Waals surface area (Å²) in [7, 11) is 0. The van der Waals surface area contributed by atoms with Gasteiger partial charge >= 0.3 is 5.97 Å². The Bertz CT molecular complexity index is 658. The van der Waals surface area contributed by atoms with Gasteiger partial charge in [-0.1, -0.05) is 6.42 Å². The number of hydrogen-bond acceptors (Lipinski definition) is 3. The van der Waals surface area contributed by atoms with Gasteiger partial charge in [-0.2, -0.15) is 0 Å². The fourth-order valence-corrected chi connectivity index (χ4v) is 3.84. The van der Waals surface area contributed by atoms with Gasteiger partial charge in [0.25, 0.3) is 0 Å². The highest BCUT2D eigenvalue weighted by Gasteiger charge is 2.54. The third kappa shape index (κ3) is 3.37. The quantitative estimate of drug-likeness (QED) is 0.865. The first kappa shape index (κ1) is 18.6. The van der Waals surface area contributed by atoms with Crippen LogP contribution in [0.15, 0.2) is 18.2 Å². The summed E-state index contributed by atoms with van der Waals surface area (Å²) in [4.78, 5) is 25.5. The largest absolute Gasteiger partial charge is 0.481 e. The van der Waals surface area contributed by atoms with Crippen LogP contribution in [-0.2, 0) is 9.59 Å². The van der Waals surface area contributed by atoms with E-state index < -0.39 is 23.0 Å². The van der Waals surface area contributed by atoms with Gasteiger partial charge in [0.2, 0.25) is 5.91 Å². The van der Waals surface area contributed by atoms with E-state index >= 15 is 0 Å². The molecule has 1 aliphatic carbocycles. The number of nitrogens with zero attached hydrogens (tertiary/aromatic N) is 1. The standard InChI is InChI=1S/C16H18F2N2O3.ClH/c17-12-4-3-11(6-13(12)18)19-14(21)8-20-7-10-2-1-5-16(10,9-20)15(22)23;/h3-4,6,10H,1-2,5,7-9H2,(H,19,21)(H,22,23);1H/t10-,16+;/m0./s1. The molecule has 2 aliphatic rings. The Morgan fingerprint density at radius 1 is 1.33 bits per heavy atom. The van der Waals surface area contributed by atoms with Gasteiger partial charge in [0, 0.05) is 24.8 Å². The average molecular weight is 361 g/mol. The summed E-state index contributed by atoms with van der Waals surface area (Å²) in [5, 5.41) is 12.0. The molecule has 132 valence electrons. The highest BCUT2D eigenvalue weighted by molar-refractivity contribution is 5.92. The van der Waals surface area contributed by atoms with Gasteiger partial charge in [-0.05, 0) is 30.9 Å². The van der Waals surface area contributed by atoms with Crippen LogP contribution in [0.2, 0.25) is 0 Å². The molecule has 8 heteroatoms. The summed E-state index contributed by atoms with van der Waals surface area (Å²) in [6, 6.07) is 3.16. The number of amides is 1. The summed E-state index contributed by atoms with van der Waals surface area (Å²) < 4.78 is 26.0. The number of hydrogen-bond donors (Lipinski definition) is 2. The number of nitrogens with one attached hydrogen (secondary N) is 1. The van der Waals surface area contributed by atoms with Crippen molar-refractivity contribution in [2.24, 2.45) is 11.3 Å². The molecule has 2 N–H and O–H groups in total. The van der Waals surface area contributed by atoms with Crippen LogP contribution in [0.4, 0.5) is 14.5 Å². The van der Waals surface area contributed by atoms with Crippen molar-refractivity contribution in [2.45, 2.75) is 19.3 Å². The zero-order valence-electron chi connectivity index (χ0n) is 12.9. The first-order valence-corrected chi connectivity index (χ1v) is 7.61. The Labute approximate surface area is 144 Å². The van der Waals surface area contributed by atoms with Gasteiger partial charge < -0.3 is 10.4 Å². The SMILES string of the molecule is Cl.O=C(CN1C[C@@H]2CCC[C@@]2(C(=O)O)C1)Nc1ccc(F)c(F)c1. The molecule has 1 aromatic carbocycles. The van der Waals surface area contributed by atoms with Crippen molar-refractivity contribution in [1.29, 1.82) is 0 Å². The highest BCUT2D eigenvalue weighted by atomic mass is 35.5. The van der Waals surface area contributed by atoms with E-state index in [-0.39, 0.29) is 36.5 Å². The molecular formula is C16H19ClF2N2O3. The number of fused-ring (bicyclic) bond motifs is 1. The first-order valence-electron chi connectivity index (χ1n) is 7.61. The van der Waals surface area contributed by atoms with Gasteiger partial charge in [-0.15, -0.1) is 12.4 Å². The van der Waals surface area contributed by atoms with Crippen LogP contribution in [0.3, 0.4) is 0 Å². The number of rotatable bonds is 4. The van der Waals surface area contributed by atoms with Gasteiger partial charge in [-0.3, -0.25) is 14.5 Å². The lowest BCUT2D eigenvalue weighted by atomic mass is 9.81.